The van der Waals surface area contributed by atoms with Gasteiger partial charge in [-0.15, -0.1) is 0 Å². The Morgan fingerprint density at radius 1 is 0.970 bits per heavy atom. The third-order valence-electron chi connectivity index (χ3n) is 6.75. The molecule has 0 aromatic heterocycles. The molecular weight excluding hydrogens is 416 g/mol. The molecule has 0 spiro atoms. The van der Waals surface area contributed by atoms with Gasteiger partial charge in [-0.1, -0.05) is 55.2 Å². The number of methoxy groups -OCH3 is 1. The van der Waals surface area contributed by atoms with Crippen LogP contribution in [0.2, 0.25) is 0 Å². The Hall–Kier alpha value is -3.02. The molecule has 6 nitrogen and oxygen atoms in total. The van der Waals surface area contributed by atoms with Crippen LogP contribution in [0.4, 0.5) is 0 Å². The van der Waals surface area contributed by atoms with E-state index in [1.165, 1.54) is 6.42 Å². The summed E-state index contributed by atoms with van der Waals surface area (Å²) in [6.07, 6.45) is 5.35. The zero-order chi connectivity index (χ0) is 23.4. The Bertz CT molecular complexity index is 982. The summed E-state index contributed by atoms with van der Waals surface area (Å²) in [5, 5.41) is 0. The van der Waals surface area contributed by atoms with Crippen molar-refractivity contribution in [2.75, 3.05) is 20.3 Å². The largest absolute Gasteiger partial charge is 0.493 e. The first-order chi connectivity index (χ1) is 16.0. The van der Waals surface area contributed by atoms with Gasteiger partial charge in [0.15, 0.2) is 11.5 Å². The predicted octanol–water partition coefficient (Wildman–Crippen LogP) is 4.65. The van der Waals surface area contributed by atoms with Crippen LogP contribution < -0.4 is 9.47 Å². The SMILES string of the molecule is CCOc1ccc([C@@H]2C(=O)N(C3CCCCC3)CC(=O)N2Cc2ccc(C)cc2)cc1OC. The average Bonchev–Trinajstić information content (AvgIpc) is 2.84. The van der Waals surface area contributed by atoms with Crippen molar-refractivity contribution in [1.82, 2.24) is 9.80 Å². The molecule has 6 heteroatoms. The van der Waals surface area contributed by atoms with Crippen LogP contribution in [0.1, 0.15) is 61.8 Å². The number of ether oxygens (including phenoxy) is 2. The van der Waals surface area contributed by atoms with E-state index in [4.69, 9.17) is 9.47 Å². The number of carbonyl (C=O) groups is 2. The van der Waals surface area contributed by atoms with Gasteiger partial charge in [-0.05, 0) is 49.9 Å². The van der Waals surface area contributed by atoms with Crippen LogP contribution in [-0.4, -0.2) is 47.9 Å². The molecular formula is C27H34N2O4. The smallest absolute Gasteiger partial charge is 0.250 e. The molecule has 1 heterocycles. The number of piperazine rings is 1. The van der Waals surface area contributed by atoms with E-state index < -0.39 is 6.04 Å². The highest BCUT2D eigenvalue weighted by atomic mass is 16.5. The summed E-state index contributed by atoms with van der Waals surface area (Å²) in [5.74, 6) is 1.19. The monoisotopic (exact) mass is 450 g/mol. The number of nitrogens with zero attached hydrogens (tertiary/aromatic N) is 2. The molecule has 2 amide bonds. The van der Waals surface area contributed by atoms with E-state index in [1.807, 2.05) is 61.2 Å². The normalized spacial score (nSPS) is 19.7. The van der Waals surface area contributed by atoms with Gasteiger partial charge in [0.1, 0.15) is 12.6 Å². The molecule has 2 aliphatic rings. The van der Waals surface area contributed by atoms with Crippen LogP contribution in [0.15, 0.2) is 42.5 Å². The van der Waals surface area contributed by atoms with Crippen LogP contribution in [0.25, 0.3) is 0 Å². The molecule has 176 valence electrons. The molecule has 0 radical (unpaired) electrons. The number of aryl methyl sites for hydroxylation is 1. The minimum atomic E-state index is -0.681. The first kappa shape index (κ1) is 23.1. The fourth-order valence-corrected chi connectivity index (χ4v) is 4.97. The average molecular weight is 451 g/mol. The van der Waals surface area contributed by atoms with E-state index in [9.17, 15) is 9.59 Å². The van der Waals surface area contributed by atoms with E-state index in [-0.39, 0.29) is 24.4 Å². The fraction of sp³-hybridized carbons (Fsp3) is 0.481. The number of amides is 2. The second-order valence-corrected chi connectivity index (χ2v) is 9.01. The first-order valence-electron chi connectivity index (χ1n) is 12.0. The van der Waals surface area contributed by atoms with Gasteiger partial charge in [-0.3, -0.25) is 9.59 Å². The molecule has 0 bridgehead atoms. The lowest BCUT2D eigenvalue weighted by Gasteiger charge is -2.44. The minimum absolute atomic E-state index is 0.000162. The molecule has 2 aromatic rings. The number of hydrogen-bond donors (Lipinski definition) is 0. The zero-order valence-corrected chi connectivity index (χ0v) is 19.9. The zero-order valence-electron chi connectivity index (χ0n) is 19.9. The van der Waals surface area contributed by atoms with Crippen LogP contribution >= 0.6 is 0 Å². The molecule has 1 aliphatic heterocycles. The Labute approximate surface area is 196 Å². The van der Waals surface area contributed by atoms with Crippen LogP contribution in [0, 0.1) is 6.92 Å². The van der Waals surface area contributed by atoms with Gasteiger partial charge in [0.05, 0.1) is 13.7 Å². The second kappa shape index (κ2) is 10.3. The Morgan fingerprint density at radius 3 is 2.36 bits per heavy atom. The summed E-state index contributed by atoms with van der Waals surface area (Å²) >= 11 is 0. The number of rotatable bonds is 7. The maximum absolute atomic E-state index is 13.9. The third kappa shape index (κ3) is 5.00. The molecule has 1 saturated heterocycles. The van der Waals surface area contributed by atoms with Crippen molar-refractivity contribution in [3.8, 4) is 11.5 Å². The quantitative estimate of drug-likeness (QED) is 0.616. The summed E-state index contributed by atoms with van der Waals surface area (Å²) in [6, 6.07) is 13.1. The lowest BCUT2D eigenvalue weighted by molar-refractivity contribution is -0.160. The number of benzene rings is 2. The van der Waals surface area contributed by atoms with Gasteiger partial charge in [0, 0.05) is 12.6 Å². The van der Waals surface area contributed by atoms with Gasteiger partial charge in [-0.25, -0.2) is 0 Å². The van der Waals surface area contributed by atoms with Crippen molar-refractivity contribution in [2.24, 2.45) is 0 Å². The predicted molar refractivity (Wildman–Crippen MR) is 127 cm³/mol. The maximum Gasteiger partial charge on any atom is 0.250 e. The van der Waals surface area contributed by atoms with E-state index in [0.29, 0.717) is 24.7 Å². The molecule has 1 saturated carbocycles. The van der Waals surface area contributed by atoms with Gasteiger partial charge in [0.25, 0.3) is 5.91 Å². The van der Waals surface area contributed by atoms with E-state index >= 15 is 0 Å². The summed E-state index contributed by atoms with van der Waals surface area (Å²) < 4.78 is 11.2. The maximum atomic E-state index is 13.9. The van der Waals surface area contributed by atoms with Gasteiger partial charge in [-0.2, -0.15) is 0 Å². The summed E-state index contributed by atoms with van der Waals surface area (Å²) in [6.45, 7) is 5.02. The molecule has 2 fully saturated rings. The second-order valence-electron chi connectivity index (χ2n) is 9.01. The Morgan fingerprint density at radius 2 is 1.70 bits per heavy atom. The lowest BCUT2D eigenvalue weighted by Crippen LogP contribution is -2.58. The highest BCUT2D eigenvalue weighted by Crippen LogP contribution is 2.37. The third-order valence-corrected chi connectivity index (χ3v) is 6.75. The van der Waals surface area contributed by atoms with Crippen molar-refractivity contribution in [1.29, 1.82) is 0 Å². The van der Waals surface area contributed by atoms with Crippen LogP contribution in [-0.2, 0) is 16.1 Å². The van der Waals surface area contributed by atoms with Gasteiger partial charge in [0.2, 0.25) is 5.91 Å². The first-order valence-corrected chi connectivity index (χ1v) is 12.0. The Balaban J connectivity index is 1.71. The van der Waals surface area contributed by atoms with Crippen LogP contribution in [0.5, 0.6) is 11.5 Å². The summed E-state index contributed by atoms with van der Waals surface area (Å²) in [7, 11) is 1.59. The molecule has 4 rings (SSSR count). The highest BCUT2D eigenvalue weighted by Gasteiger charge is 2.43. The molecule has 33 heavy (non-hydrogen) atoms. The van der Waals surface area contributed by atoms with E-state index in [2.05, 4.69) is 0 Å². The van der Waals surface area contributed by atoms with Crippen molar-refractivity contribution in [3.63, 3.8) is 0 Å². The van der Waals surface area contributed by atoms with Crippen molar-refractivity contribution < 1.29 is 19.1 Å². The van der Waals surface area contributed by atoms with E-state index in [0.717, 1.165) is 42.4 Å². The standard InChI is InChI=1S/C27H34N2O4/c1-4-33-23-15-14-21(16-24(23)32-3)26-27(31)28(22-8-6-5-7-9-22)18-25(30)29(26)17-20-12-10-19(2)11-13-20/h10-16,22,26H,4-9,17-18H2,1-3H3/t26-/m1/s1. The Kier molecular flexibility index (Phi) is 7.21. The fourth-order valence-electron chi connectivity index (χ4n) is 4.97. The number of carbonyl (C=O) groups excluding carboxylic acids is 2. The number of hydrogen-bond acceptors (Lipinski definition) is 4. The van der Waals surface area contributed by atoms with Gasteiger partial charge >= 0.3 is 0 Å². The van der Waals surface area contributed by atoms with Crippen LogP contribution in [0.3, 0.4) is 0 Å². The van der Waals surface area contributed by atoms with Gasteiger partial charge < -0.3 is 19.3 Å². The lowest BCUT2D eigenvalue weighted by atomic mass is 9.91. The van der Waals surface area contributed by atoms with Crippen molar-refractivity contribution in [2.45, 2.75) is 64.6 Å². The molecule has 2 aromatic carbocycles. The van der Waals surface area contributed by atoms with Crippen molar-refractivity contribution in [3.05, 3.63) is 59.2 Å². The summed E-state index contributed by atoms with van der Waals surface area (Å²) in [4.78, 5) is 30.9. The molecule has 1 atom stereocenters. The molecule has 0 unspecified atom stereocenters. The summed E-state index contributed by atoms with van der Waals surface area (Å²) in [5.41, 5.74) is 2.92. The minimum Gasteiger partial charge on any atom is -0.493 e. The molecule has 1 aliphatic carbocycles. The van der Waals surface area contributed by atoms with E-state index in [1.54, 1.807) is 12.0 Å². The highest BCUT2D eigenvalue weighted by molar-refractivity contribution is 5.96. The molecule has 0 N–H and O–H groups in total. The topological polar surface area (TPSA) is 59.1 Å². The van der Waals surface area contributed by atoms with Crippen molar-refractivity contribution >= 4 is 11.8 Å².